The molecule has 2 atom stereocenters. The Morgan fingerprint density at radius 2 is 2.22 bits per heavy atom. The first kappa shape index (κ1) is 7.10. The van der Waals surface area contributed by atoms with E-state index in [1.165, 1.54) is 0 Å². The fourth-order valence-electron chi connectivity index (χ4n) is 1.04. The SMILES string of the molecule is NCC1C=CC(Cl)CC1. The molecule has 9 heavy (non-hydrogen) atoms. The number of hydrogen-bond acceptors (Lipinski definition) is 1. The van der Waals surface area contributed by atoms with E-state index in [2.05, 4.69) is 6.08 Å². The van der Waals surface area contributed by atoms with Crippen LogP contribution in [0.25, 0.3) is 0 Å². The molecule has 1 nitrogen and oxygen atoms in total. The third kappa shape index (κ3) is 1.99. The lowest BCUT2D eigenvalue weighted by molar-refractivity contribution is 0.553. The second-order valence-corrected chi connectivity index (χ2v) is 3.03. The van der Waals surface area contributed by atoms with Gasteiger partial charge in [-0.25, -0.2) is 0 Å². The molecule has 0 aromatic carbocycles. The molecule has 2 heteroatoms. The number of alkyl halides is 1. The first-order valence-corrected chi connectivity index (χ1v) is 3.79. The average molecular weight is 146 g/mol. The van der Waals surface area contributed by atoms with Crippen molar-refractivity contribution in [3.8, 4) is 0 Å². The molecule has 0 bridgehead atoms. The van der Waals surface area contributed by atoms with Gasteiger partial charge in [0.15, 0.2) is 0 Å². The maximum absolute atomic E-state index is 5.81. The van der Waals surface area contributed by atoms with Crippen LogP contribution in [-0.2, 0) is 0 Å². The second kappa shape index (κ2) is 3.23. The first-order chi connectivity index (χ1) is 4.33. The van der Waals surface area contributed by atoms with Crippen LogP contribution in [0.5, 0.6) is 0 Å². The van der Waals surface area contributed by atoms with Gasteiger partial charge in [-0.15, -0.1) is 11.6 Å². The Bertz CT molecular complexity index is 111. The molecule has 1 rings (SSSR count). The molecule has 0 spiro atoms. The average Bonchev–Trinajstić information content (AvgIpc) is 1.90. The van der Waals surface area contributed by atoms with E-state index in [0.29, 0.717) is 5.92 Å². The van der Waals surface area contributed by atoms with Gasteiger partial charge in [0.2, 0.25) is 0 Å². The van der Waals surface area contributed by atoms with Crippen molar-refractivity contribution in [3.63, 3.8) is 0 Å². The summed E-state index contributed by atoms with van der Waals surface area (Å²) in [6.07, 6.45) is 6.41. The topological polar surface area (TPSA) is 26.0 Å². The van der Waals surface area contributed by atoms with Gasteiger partial charge < -0.3 is 5.73 Å². The van der Waals surface area contributed by atoms with E-state index >= 15 is 0 Å². The summed E-state index contributed by atoms with van der Waals surface area (Å²) in [5, 5.41) is 0.257. The molecule has 0 saturated heterocycles. The van der Waals surface area contributed by atoms with Crippen LogP contribution in [0.2, 0.25) is 0 Å². The number of halogens is 1. The third-order valence-electron chi connectivity index (χ3n) is 1.71. The zero-order valence-corrected chi connectivity index (χ0v) is 6.14. The van der Waals surface area contributed by atoms with Gasteiger partial charge in [-0.1, -0.05) is 12.2 Å². The van der Waals surface area contributed by atoms with Crippen LogP contribution in [0, 0.1) is 5.92 Å². The van der Waals surface area contributed by atoms with E-state index in [4.69, 9.17) is 17.3 Å². The van der Waals surface area contributed by atoms with Crippen molar-refractivity contribution in [1.29, 1.82) is 0 Å². The highest BCUT2D eigenvalue weighted by atomic mass is 35.5. The van der Waals surface area contributed by atoms with Crippen molar-refractivity contribution in [2.24, 2.45) is 11.7 Å². The smallest absolute Gasteiger partial charge is 0.0516 e. The van der Waals surface area contributed by atoms with E-state index in [1.807, 2.05) is 6.08 Å². The molecule has 0 aliphatic heterocycles. The number of hydrogen-bond donors (Lipinski definition) is 1. The Hall–Kier alpha value is -0.0100. The molecule has 0 aromatic rings. The van der Waals surface area contributed by atoms with Gasteiger partial charge in [0.1, 0.15) is 0 Å². The van der Waals surface area contributed by atoms with Crippen LogP contribution in [0.1, 0.15) is 12.8 Å². The van der Waals surface area contributed by atoms with Gasteiger partial charge in [-0.2, -0.15) is 0 Å². The molecule has 0 amide bonds. The minimum atomic E-state index is 0.257. The van der Waals surface area contributed by atoms with E-state index in [-0.39, 0.29) is 5.38 Å². The zero-order valence-electron chi connectivity index (χ0n) is 5.39. The van der Waals surface area contributed by atoms with Crippen molar-refractivity contribution in [1.82, 2.24) is 0 Å². The number of rotatable bonds is 1. The highest BCUT2D eigenvalue weighted by Gasteiger charge is 2.11. The molecule has 1 aliphatic rings. The van der Waals surface area contributed by atoms with Crippen LogP contribution in [-0.4, -0.2) is 11.9 Å². The molecule has 2 unspecified atom stereocenters. The van der Waals surface area contributed by atoms with Crippen LogP contribution < -0.4 is 5.73 Å². The normalized spacial score (nSPS) is 34.9. The molecule has 0 aromatic heterocycles. The van der Waals surface area contributed by atoms with Crippen molar-refractivity contribution < 1.29 is 0 Å². The van der Waals surface area contributed by atoms with Gasteiger partial charge in [0.25, 0.3) is 0 Å². The maximum atomic E-state index is 5.81. The second-order valence-electron chi connectivity index (χ2n) is 2.47. The van der Waals surface area contributed by atoms with Crippen LogP contribution in [0.3, 0.4) is 0 Å². The maximum Gasteiger partial charge on any atom is 0.0516 e. The lowest BCUT2D eigenvalue weighted by atomic mass is 9.96. The lowest BCUT2D eigenvalue weighted by Gasteiger charge is -2.16. The fraction of sp³-hybridized carbons (Fsp3) is 0.714. The molecule has 0 heterocycles. The van der Waals surface area contributed by atoms with Gasteiger partial charge in [-0.3, -0.25) is 0 Å². The largest absolute Gasteiger partial charge is 0.330 e. The molecule has 0 saturated carbocycles. The predicted octanol–water partition coefficient (Wildman–Crippen LogP) is 1.52. The number of nitrogens with two attached hydrogens (primary N) is 1. The minimum absolute atomic E-state index is 0.257. The van der Waals surface area contributed by atoms with Crippen molar-refractivity contribution >= 4 is 11.6 Å². The van der Waals surface area contributed by atoms with Crippen LogP contribution >= 0.6 is 11.6 Å². The van der Waals surface area contributed by atoms with Gasteiger partial charge >= 0.3 is 0 Å². The Balaban J connectivity index is 2.38. The molecule has 0 radical (unpaired) electrons. The van der Waals surface area contributed by atoms with Crippen molar-refractivity contribution in [2.45, 2.75) is 18.2 Å². The summed E-state index contributed by atoms with van der Waals surface area (Å²) in [7, 11) is 0. The minimum Gasteiger partial charge on any atom is -0.330 e. The van der Waals surface area contributed by atoms with Gasteiger partial charge in [-0.05, 0) is 25.3 Å². The van der Waals surface area contributed by atoms with Crippen LogP contribution in [0.15, 0.2) is 12.2 Å². The highest BCUT2D eigenvalue weighted by Crippen LogP contribution is 2.19. The zero-order chi connectivity index (χ0) is 6.69. The molecule has 52 valence electrons. The quantitative estimate of drug-likeness (QED) is 0.440. The molecule has 0 fully saturated rings. The van der Waals surface area contributed by atoms with E-state index in [0.717, 1.165) is 19.4 Å². The first-order valence-electron chi connectivity index (χ1n) is 3.35. The highest BCUT2D eigenvalue weighted by molar-refractivity contribution is 6.21. The standard InChI is InChI=1S/C7H12ClN/c8-7-3-1-6(5-9)2-4-7/h1,3,6-7H,2,4-5,9H2. The Kier molecular flexibility index (Phi) is 2.55. The predicted molar refractivity (Wildman–Crippen MR) is 40.6 cm³/mol. The monoisotopic (exact) mass is 145 g/mol. The van der Waals surface area contributed by atoms with E-state index in [9.17, 15) is 0 Å². The summed E-state index contributed by atoms with van der Waals surface area (Å²) < 4.78 is 0. The van der Waals surface area contributed by atoms with E-state index in [1.54, 1.807) is 0 Å². The Morgan fingerprint density at radius 3 is 2.67 bits per heavy atom. The van der Waals surface area contributed by atoms with Crippen LogP contribution in [0.4, 0.5) is 0 Å². The summed E-state index contributed by atoms with van der Waals surface area (Å²) >= 11 is 5.81. The number of allylic oxidation sites excluding steroid dienone is 1. The fourth-order valence-corrected chi connectivity index (χ4v) is 1.25. The Labute approximate surface area is 60.9 Å². The summed E-state index contributed by atoms with van der Waals surface area (Å²) in [5.41, 5.74) is 5.45. The van der Waals surface area contributed by atoms with Crippen molar-refractivity contribution in [3.05, 3.63) is 12.2 Å². The van der Waals surface area contributed by atoms with Gasteiger partial charge in [0, 0.05) is 0 Å². The summed E-state index contributed by atoms with van der Waals surface area (Å²) in [4.78, 5) is 0. The lowest BCUT2D eigenvalue weighted by Crippen LogP contribution is -2.16. The molecular formula is C7H12ClN. The third-order valence-corrected chi connectivity index (χ3v) is 2.07. The summed E-state index contributed by atoms with van der Waals surface area (Å²) in [6, 6.07) is 0. The van der Waals surface area contributed by atoms with Crippen molar-refractivity contribution in [2.75, 3.05) is 6.54 Å². The molecule has 1 aliphatic carbocycles. The summed E-state index contributed by atoms with van der Waals surface area (Å²) in [5.74, 6) is 0.583. The molecular weight excluding hydrogens is 134 g/mol. The van der Waals surface area contributed by atoms with E-state index < -0.39 is 0 Å². The Morgan fingerprint density at radius 1 is 1.44 bits per heavy atom. The molecule has 2 N–H and O–H groups in total. The summed E-state index contributed by atoms with van der Waals surface area (Å²) in [6.45, 7) is 0.764. The van der Waals surface area contributed by atoms with Gasteiger partial charge in [0.05, 0.1) is 5.38 Å².